The van der Waals surface area contributed by atoms with Crippen molar-refractivity contribution in [1.82, 2.24) is 4.98 Å². The van der Waals surface area contributed by atoms with Gasteiger partial charge in [-0.15, -0.1) is 0 Å². The molecule has 0 unspecified atom stereocenters. The first-order chi connectivity index (χ1) is 17.2. The molecule has 1 rings (SSSR count). The van der Waals surface area contributed by atoms with Gasteiger partial charge in [-0.2, -0.15) is 0 Å². The molecule has 0 atom stereocenters. The summed E-state index contributed by atoms with van der Waals surface area (Å²) in [4.78, 5) is 5.80. The molecule has 0 radical (unpaired) electrons. The second kappa shape index (κ2) is 18.1. The molecule has 0 spiro atoms. The molecule has 0 fully saturated rings. The van der Waals surface area contributed by atoms with Crippen LogP contribution in [0.15, 0.2) is 0 Å². The Morgan fingerprint density at radius 1 is 0.611 bits per heavy atom. The van der Waals surface area contributed by atoms with Crippen LogP contribution in [0.2, 0.25) is 29.9 Å². The molecule has 0 aliphatic rings. The molecule has 1 aromatic rings. The van der Waals surface area contributed by atoms with Gasteiger partial charge in [-0.3, -0.25) is 0 Å². The van der Waals surface area contributed by atoms with E-state index in [-0.39, 0.29) is 0 Å². The number of hydrogen-bond acceptors (Lipinski definition) is 2. The molecule has 36 heavy (non-hydrogen) atoms. The van der Waals surface area contributed by atoms with Gasteiger partial charge < -0.3 is 0 Å². The van der Waals surface area contributed by atoms with E-state index in [2.05, 4.69) is 80.6 Å². The van der Waals surface area contributed by atoms with E-state index >= 15 is 0 Å². The molecule has 0 amide bonds. The maximum absolute atomic E-state index is 5.80. The fraction of sp³-hybridized carbons (Fsp3) is 0.906. The van der Waals surface area contributed by atoms with Crippen LogP contribution in [0.25, 0.3) is 0 Å². The zero-order chi connectivity index (χ0) is 27.2. The molecule has 0 saturated carbocycles. The fourth-order valence-electron chi connectivity index (χ4n) is 7.20. The minimum atomic E-state index is -2.52. The van der Waals surface area contributed by atoms with Crippen molar-refractivity contribution in [3.05, 3.63) is 5.69 Å². The summed E-state index contributed by atoms with van der Waals surface area (Å²) in [6.45, 7) is 24.8. The molecule has 0 saturated heterocycles. The van der Waals surface area contributed by atoms with E-state index in [1.54, 1.807) is 23.6 Å². The number of nitrogens with zero attached hydrogens (tertiary/aromatic N) is 1. The van der Waals surface area contributed by atoms with Crippen LogP contribution < -0.4 is 7.52 Å². The molecule has 212 valence electrons. The number of rotatable bonds is 21. The Hall–Kier alpha value is 0.646. The van der Waals surface area contributed by atoms with Gasteiger partial charge in [0.25, 0.3) is 0 Å². The first-order valence-electron chi connectivity index (χ1n) is 16.2. The molecule has 1 nitrogen and oxygen atoms in total. The average Bonchev–Trinajstić information content (AvgIpc) is 3.25. The van der Waals surface area contributed by atoms with Crippen LogP contribution in [0, 0.1) is 0 Å². The molecule has 0 aliphatic heterocycles. The van der Waals surface area contributed by atoms with Crippen molar-refractivity contribution in [2.75, 3.05) is 0 Å². The predicted molar refractivity (Wildman–Crippen MR) is 174 cm³/mol. The normalized spacial score (nSPS) is 13.0. The number of aryl methyl sites for hydroxylation is 1. The quantitative estimate of drug-likeness (QED) is 0.0961. The van der Waals surface area contributed by atoms with Gasteiger partial charge in [0.2, 0.25) is 0 Å². The Labute approximate surface area is 237 Å². The Balaban J connectivity index is 3.64. The molecule has 1 aromatic heterocycles. The van der Waals surface area contributed by atoms with Gasteiger partial charge in [-0.25, -0.2) is 0 Å². The molecule has 0 N–H and O–H groups in total. The summed E-state index contributed by atoms with van der Waals surface area (Å²) < 4.78 is 8.35. The van der Waals surface area contributed by atoms with Gasteiger partial charge in [0.1, 0.15) is 0 Å². The van der Waals surface area contributed by atoms with Crippen LogP contribution >= 0.6 is 11.3 Å². The van der Waals surface area contributed by atoms with Gasteiger partial charge in [0.05, 0.1) is 0 Å². The van der Waals surface area contributed by atoms with Gasteiger partial charge in [0, 0.05) is 0 Å². The fourth-order valence-corrected chi connectivity index (χ4v) is 37.8. The van der Waals surface area contributed by atoms with Gasteiger partial charge >= 0.3 is 239 Å². The molecule has 0 aromatic carbocycles. The van der Waals surface area contributed by atoms with E-state index in [0.717, 1.165) is 16.6 Å². The summed E-state index contributed by atoms with van der Waals surface area (Å²) in [5.74, 6) is 0. The molecular formula is C32H65NSSiSn. The average molecular weight is 643 g/mol. The van der Waals surface area contributed by atoms with Gasteiger partial charge in [0.15, 0.2) is 0 Å². The summed E-state index contributed by atoms with van der Waals surface area (Å²) in [5.41, 5.74) is 3.89. The van der Waals surface area contributed by atoms with Crippen molar-refractivity contribution in [3.8, 4) is 0 Å². The number of thiazole rings is 1. The van der Waals surface area contributed by atoms with Crippen molar-refractivity contribution >= 4 is 45.3 Å². The maximum atomic E-state index is 5.80. The third kappa shape index (κ3) is 9.10. The van der Waals surface area contributed by atoms with E-state index in [4.69, 9.17) is 4.98 Å². The topological polar surface area (TPSA) is 12.9 Å². The zero-order valence-corrected chi connectivity index (χ0v) is 31.1. The SMILES string of the molecule is CCCCCCCCc1nc([Si](C(C)C)(C(C)C)C(C)C)s[c]1[Sn]([CH2]CCC)([CH2]CCC)[CH2]CCC. The van der Waals surface area contributed by atoms with E-state index < -0.39 is 26.5 Å². The number of unbranched alkanes of at least 4 members (excludes halogenated alkanes) is 8. The standard InChI is InChI=1S/C20H38NSSi.3C4H9.Sn/c1-8-9-10-11-12-13-14-19-15-22-20(21-19)23(16(2)3,17(4)5)18(6)7;3*1-3-4-2;/h16-18H,8-14H2,1-7H3;3*1,3-4H2,2H3;. The third-order valence-electron chi connectivity index (χ3n) is 9.21. The minimum absolute atomic E-state index is 0.755. The van der Waals surface area contributed by atoms with Crippen LogP contribution in [0.1, 0.15) is 152 Å². The molecule has 4 heteroatoms. The van der Waals surface area contributed by atoms with Crippen LogP contribution in [0.4, 0.5) is 0 Å². The molecule has 0 bridgehead atoms. The van der Waals surface area contributed by atoms with Crippen molar-refractivity contribution in [2.45, 2.75) is 183 Å². The van der Waals surface area contributed by atoms with E-state index in [1.165, 1.54) is 83.5 Å². The summed E-state index contributed by atoms with van der Waals surface area (Å²) in [5, 5.41) is 0. The van der Waals surface area contributed by atoms with Crippen LogP contribution in [-0.2, 0) is 6.42 Å². The summed E-state index contributed by atoms with van der Waals surface area (Å²) >= 11 is -0.195. The first-order valence-corrected chi connectivity index (χ1v) is 26.7. The molecule has 0 aliphatic carbocycles. The number of hydrogen-bond donors (Lipinski definition) is 0. The second-order valence-corrected chi connectivity index (χ2v) is 34.0. The Bertz CT molecular complexity index is 653. The monoisotopic (exact) mass is 643 g/mol. The molecular weight excluding hydrogens is 577 g/mol. The zero-order valence-electron chi connectivity index (χ0n) is 26.4. The number of aromatic nitrogens is 1. The van der Waals surface area contributed by atoms with Crippen molar-refractivity contribution in [2.24, 2.45) is 0 Å². The third-order valence-corrected chi connectivity index (χ3v) is 36.5. The Kier molecular flexibility index (Phi) is 17.4. The Morgan fingerprint density at radius 2 is 1.03 bits per heavy atom. The summed E-state index contributed by atoms with van der Waals surface area (Å²) in [6, 6.07) is 0. The van der Waals surface area contributed by atoms with Crippen molar-refractivity contribution in [1.29, 1.82) is 0 Å². The summed E-state index contributed by atoms with van der Waals surface area (Å²) in [6.07, 6.45) is 18.0. The molecule has 1 heterocycles. The van der Waals surface area contributed by atoms with E-state index in [0.29, 0.717) is 0 Å². The summed E-state index contributed by atoms with van der Waals surface area (Å²) in [7, 11) is -1.71. The van der Waals surface area contributed by atoms with Crippen molar-refractivity contribution < 1.29 is 0 Å². The first kappa shape index (κ1) is 34.7. The van der Waals surface area contributed by atoms with Crippen LogP contribution in [0.3, 0.4) is 0 Å². The van der Waals surface area contributed by atoms with Crippen LogP contribution in [-0.4, -0.2) is 31.4 Å². The van der Waals surface area contributed by atoms with E-state index in [9.17, 15) is 0 Å². The predicted octanol–water partition coefficient (Wildman–Crippen LogP) is 11.0. The van der Waals surface area contributed by atoms with Gasteiger partial charge in [-0.05, 0) is 0 Å². The van der Waals surface area contributed by atoms with E-state index in [1.807, 2.05) is 2.89 Å². The second-order valence-electron chi connectivity index (χ2n) is 12.8. The Morgan fingerprint density at radius 3 is 1.44 bits per heavy atom. The van der Waals surface area contributed by atoms with Crippen LogP contribution in [0.5, 0.6) is 0 Å². The van der Waals surface area contributed by atoms with Gasteiger partial charge in [-0.1, -0.05) is 0 Å². The van der Waals surface area contributed by atoms with Crippen molar-refractivity contribution in [3.63, 3.8) is 0 Å².